The highest BCUT2D eigenvalue weighted by Gasteiger charge is 2.14. The molecule has 2 aromatic rings. The summed E-state index contributed by atoms with van der Waals surface area (Å²) >= 11 is 0. The lowest BCUT2D eigenvalue weighted by Crippen LogP contribution is -2.06. The Labute approximate surface area is 102 Å². The number of aromatic amines is 1. The lowest BCUT2D eigenvalue weighted by atomic mass is 9.95. The fraction of sp³-hybridized carbons (Fsp3) is 0.357. The quantitative estimate of drug-likeness (QED) is 0.851. The first-order valence-corrected chi connectivity index (χ1v) is 5.82. The second kappa shape index (κ2) is 4.72. The van der Waals surface area contributed by atoms with Crippen molar-refractivity contribution in [3.8, 4) is 0 Å². The Morgan fingerprint density at radius 1 is 1.24 bits per heavy atom. The molecule has 1 aromatic heterocycles. The summed E-state index contributed by atoms with van der Waals surface area (Å²) in [7, 11) is 0. The number of aliphatic hydroxyl groups excluding tert-OH is 1. The average molecular weight is 230 g/mol. The SMILES string of the molecule is Cc1cc(C)c(CC(O)c2ncc[nH]2)c(C)c1. The molecule has 1 aromatic carbocycles. The van der Waals surface area contributed by atoms with Crippen LogP contribution in [0.15, 0.2) is 24.5 Å². The van der Waals surface area contributed by atoms with Crippen molar-refractivity contribution in [2.45, 2.75) is 33.3 Å². The summed E-state index contributed by atoms with van der Waals surface area (Å²) in [5.41, 5.74) is 4.93. The van der Waals surface area contributed by atoms with Gasteiger partial charge in [-0.15, -0.1) is 0 Å². The van der Waals surface area contributed by atoms with E-state index < -0.39 is 6.10 Å². The van der Waals surface area contributed by atoms with Crippen LogP contribution in [-0.4, -0.2) is 15.1 Å². The van der Waals surface area contributed by atoms with E-state index in [1.165, 1.54) is 22.3 Å². The topological polar surface area (TPSA) is 48.9 Å². The first-order valence-electron chi connectivity index (χ1n) is 5.82. The number of imidazole rings is 1. The maximum absolute atomic E-state index is 10.1. The van der Waals surface area contributed by atoms with Crippen molar-refractivity contribution in [2.75, 3.05) is 0 Å². The van der Waals surface area contributed by atoms with E-state index >= 15 is 0 Å². The van der Waals surface area contributed by atoms with Crippen molar-refractivity contribution in [3.05, 3.63) is 52.6 Å². The number of nitrogens with zero attached hydrogens (tertiary/aromatic N) is 1. The second-order valence-electron chi connectivity index (χ2n) is 4.57. The number of aliphatic hydroxyl groups is 1. The predicted octanol–water partition coefficient (Wildman–Crippen LogP) is 2.61. The van der Waals surface area contributed by atoms with Crippen LogP contribution in [0.25, 0.3) is 0 Å². The Kier molecular flexibility index (Phi) is 3.29. The molecule has 0 aliphatic heterocycles. The summed E-state index contributed by atoms with van der Waals surface area (Å²) in [6, 6.07) is 4.30. The average Bonchev–Trinajstić information content (AvgIpc) is 2.76. The number of H-pyrrole nitrogens is 1. The number of aryl methyl sites for hydroxylation is 3. The number of rotatable bonds is 3. The zero-order valence-corrected chi connectivity index (χ0v) is 10.5. The van der Waals surface area contributed by atoms with Crippen LogP contribution in [-0.2, 0) is 6.42 Å². The van der Waals surface area contributed by atoms with E-state index in [0.29, 0.717) is 12.2 Å². The molecule has 3 nitrogen and oxygen atoms in total. The van der Waals surface area contributed by atoms with Crippen molar-refractivity contribution in [1.82, 2.24) is 9.97 Å². The van der Waals surface area contributed by atoms with Gasteiger partial charge in [-0.2, -0.15) is 0 Å². The van der Waals surface area contributed by atoms with Gasteiger partial charge >= 0.3 is 0 Å². The zero-order valence-electron chi connectivity index (χ0n) is 10.5. The minimum Gasteiger partial charge on any atom is -0.385 e. The molecule has 0 saturated carbocycles. The maximum Gasteiger partial charge on any atom is 0.135 e. The highest BCUT2D eigenvalue weighted by atomic mass is 16.3. The first-order chi connectivity index (χ1) is 8.08. The molecule has 0 amide bonds. The highest BCUT2D eigenvalue weighted by molar-refractivity contribution is 5.38. The van der Waals surface area contributed by atoms with Gasteiger partial charge in [0.15, 0.2) is 0 Å². The fourth-order valence-corrected chi connectivity index (χ4v) is 2.28. The summed E-state index contributed by atoms with van der Waals surface area (Å²) in [5, 5.41) is 10.1. The van der Waals surface area contributed by atoms with Gasteiger partial charge in [0, 0.05) is 18.8 Å². The van der Waals surface area contributed by atoms with E-state index in [1.807, 2.05) is 0 Å². The molecular formula is C14H18N2O. The van der Waals surface area contributed by atoms with Crippen LogP contribution in [0.1, 0.15) is 34.2 Å². The standard InChI is InChI=1S/C14H18N2O/c1-9-6-10(2)12(11(3)7-9)8-13(17)14-15-4-5-16-14/h4-7,13,17H,8H2,1-3H3,(H,15,16). The molecule has 90 valence electrons. The van der Waals surface area contributed by atoms with E-state index in [4.69, 9.17) is 0 Å². The minimum atomic E-state index is -0.565. The van der Waals surface area contributed by atoms with Crippen LogP contribution in [0.4, 0.5) is 0 Å². The van der Waals surface area contributed by atoms with E-state index in [1.54, 1.807) is 12.4 Å². The third-order valence-electron chi connectivity index (χ3n) is 3.07. The Morgan fingerprint density at radius 2 is 1.88 bits per heavy atom. The number of hydrogen-bond acceptors (Lipinski definition) is 2. The highest BCUT2D eigenvalue weighted by Crippen LogP contribution is 2.22. The maximum atomic E-state index is 10.1. The van der Waals surface area contributed by atoms with Crippen LogP contribution < -0.4 is 0 Å². The fourth-order valence-electron chi connectivity index (χ4n) is 2.28. The molecule has 2 N–H and O–H groups in total. The Bertz CT molecular complexity index is 480. The molecule has 1 atom stereocenters. The van der Waals surface area contributed by atoms with E-state index in [9.17, 15) is 5.11 Å². The molecule has 1 heterocycles. The summed E-state index contributed by atoms with van der Waals surface area (Å²) < 4.78 is 0. The molecule has 3 heteroatoms. The van der Waals surface area contributed by atoms with Crippen LogP contribution in [0.3, 0.4) is 0 Å². The molecule has 0 aliphatic carbocycles. The molecule has 0 saturated heterocycles. The summed E-state index contributed by atoms with van der Waals surface area (Å²) in [4.78, 5) is 7.03. The minimum absolute atomic E-state index is 0.565. The summed E-state index contributed by atoms with van der Waals surface area (Å²) in [6.45, 7) is 6.26. The Hall–Kier alpha value is -1.61. The number of nitrogens with one attached hydrogen (secondary N) is 1. The number of benzene rings is 1. The van der Waals surface area contributed by atoms with E-state index in [-0.39, 0.29) is 0 Å². The predicted molar refractivity (Wildman–Crippen MR) is 67.9 cm³/mol. The monoisotopic (exact) mass is 230 g/mol. The Balaban J connectivity index is 2.25. The van der Waals surface area contributed by atoms with Gasteiger partial charge in [-0.25, -0.2) is 4.98 Å². The van der Waals surface area contributed by atoms with Crippen molar-refractivity contribution in [3.63, 3.8) is 0 Å². The van der Waals surface area contributed by atoms with E-state index in [2.05, 4.69) is 42.9 Å². The van der Waals surface area contributed by atoms with Crippen LogP contribution in [0.2, 0.25) is 0 Å². The molecule has 1 unspecified atom stereocenters. The van der Waals surface area contributed by atoms with Gasteiger partial charge in [0.1, 0.15) is 11.9 Å². The third-order valence-corrected chi connectivity index (χ3v) is 3.07. The Morgan fingerprint density at radius 3 is 2.41 bits per heavy atom. The molecule has 0 radical (unpaired) electrons. The van der Waals surface area contributed by atoms with E-state index in [0.717, 1.165) is 0 Å². The molecule has 0 bridgehead atoms. The van der Waals surface area contributed by atoms with Gasteiger partial charge in [0.05, 0.1) is 0 Å². The van der Waals surface area contributed by atoms with Gasteiger partial charge in [-0.1, -0.05) is 17.7 Å². The van der Waals surface area contributed by atoms with Crippen molar-refractivity contribution in [1.29, 1.82) is 0 Å². The van der Waals surface area contributed by atoms with Crippen LogP contribution >= 0.6 is 0 Å². The van der Waals surface area contributed by atoms with Gasteiger partial charge in [-0.3, -0.25) is 0 Å². The first kappa shape index (κ1) is 11.9. The van der Waals surface area contributed by atoms with Gasteiger partial charge < -0.3 is 10.1 Å². The number of aromatic nitrogens is 2. The molecule has 0 spiro atoms. The van der Waals surface area contributed by atoms with Crippen molar-refractivity contribution < 1.29 is 5.11 Å². The smallest absolute Gasteiger partial charge is 0.135 e. The second-order valence-corrected chi connectivity index (χ2v) is 4.57. The van der Waals surface area contributed by atoms with Crippen molar-refractivity contribution in [2.24, 2.45) is 0 Å². The van der Waals surface area contributed by atoms with Gasteiger partial charge in [0.25, 0.3) is 0 Å². The van der Waals surface area contributed by atoms with Crippen molar-refractivity contribution >= 4 is 0 Å². The van der Waals surface area contributed by atoms with Crippen LogP contribution in [0.5, 0.6) is 0 Å². The lowest BCUT2D eigenvalue weighted by molar-refractivity contribution is 0.169. The third kappa shape index (κ3) is 2.56. The van der Waals surface area contributed by atoms with Crippen LogP contribution in [0, 0.1) is 20.8 Å². The van der Waals surface area contributed by atoms with Gasteiger partial charge in [-0.05, 0) is 37.5 Å². The normalized spacial score (nSPS) is 12.7. The molecule has 17 heavy (non-hydrogen) atoms. The summed E-state index contributed by atoms with van der Waals surface area (Å²) in [6.07, 6.45) is 3.43. The largest absolute Gasteiger partial charge is 0.385 e. The molecular weight excluding hydrogens is 212 g/mol. The lowest BCUT2D eigenvalue weighted by Gasteiger charge is -2.14. The summed E-state index contributed by atoms with van der Waals surface area (Å²) in [5.74, 6) is 0.629. The molecule has 2 rings (SSSR count). The molecule has 0 fully saturated rings. The van der Waals surface area contributed by atoms with Gasteiger partial charge in [0.2, 0.25) is 0 Å². The molecule has 0 aliphatic rings. The number of hydrogen-bond donors (Lipinski definition) is 2. The zero-order chi connectivity index (χ0) is 12.4.